The van der Waals surface area contributed by atoms with Gasteiger partial charge in [-0.15, -0.1) is 0 Å². The summed E-state index contributed by atoms with van der Waals surface area (Å²) in [6.45, 7) is 2.47. The summed E-state index contributed by atoms with van der Waals surface area (Å²) in [6.07, 6.45) is 3.62. The van der Waals surface area contributed by atoms with Crippen molar-refractivity contribution in [2.75, 3.05) is 32.8 Å². The van der Waals surface area contributed by atoms with Crippen molar-refractivity contribution in [2.24, 2.45) is 5.92 Å². The molecule has 2 heterocycles. The Morgan fingerprint density at radius 3 is 2.38 bits per heavy atom. The van der Waals surface area contributed by atoms with Gasteiger partial charge in [0.1, 0.15) is 0 Å². The van der Waals surface area contributed by atoms with Crippen molar-refractivity contribution in [3.8, 4) is 0 Å². The van der Waals surface area contributed by atoms with Gasteiger partial charge in [0, 0.05) is 38.3 Å². The lowest BCUT2D eigenvalue weighted by atomic mass is 9.98. The average Bonchev–Trinajstić information content (AvgIpc) is 3.17. The van der Waals surface area contributed by atoms with Gasteiger partial charge < -0.3 is 10.0 Å². The molecule has 1 unspecified atom stereocenters. The van der Waals surface area contributed by atoms with Crippen LogP contribution in [0.25, 0.3) is 0 Å². The smallest absolute Gasteiger partial charge is 0.253 e. The third-order valence-electron chi connectivity index (χ3n) is 4.87. The summed E-state index contributed by atoms with van der Waals surface area (Å²) in [5.41, 5.74) is 0.494. The Kier molecular flexibility index (Phi) is 5.22. The third-order valence-corrected chi connectivity index (χ3v) is 6.78. The van der Waals surface area contributed by atoms with Crippen LogP contribution < -0.4 is 0 Å². The summed E-state index contributed by atoms with van der Waals surface area (Å²) in [7, 11) is -3.44. The molecule has 132 valence electrons. The number of amides is 1. The van der Waals surface area contributed by atoms with Gasteiger partial charge in [-0.05, 0) is 55.9 Å². The summed E-state index contributed by atoms with van der Waals surface area (Å²) >= 11 is 0. The van der Waals surface area contributed by atoms with E-state index in [1.165, 1.54) is 16.4 Å². The van der Waals surface area contributed by atoms with Gasteiger partial charge in [-0.3, -0.25) is 4.79 Å². The van der Waals surface area contributed by atoms with Crippen molar-refractivity contribution in [1.29, 1.82) is 0 Å². The van der Waals surface area contributed by atoms with Crippen molar-refractivity contribution in [3.63, 3.8) is 0 Å². The molecule has 0 aliphatic carbocycles. The van der Waals surface area contributed by atoms with E-state index in [9.17, 15) is 18.3 Å². The Morgan fingerprint density at radius 1 is 1.08 bits per heavy atom. The second-order valence-electron chi connectivity index (χ2n) is 6.58. The number of piperidine rings is 1. The molecule has 0 spiro atoms. The number of aliphatic hydroxyl groups excluding tert-OH is 1. The zero-order valence-corrected chi connectivity index (χ0v) is 14.5. The van der Waals surface area contributed by atoms with Gasteiger partial charge in [0.15, 0.2) is 0 Å². The first-order chi connectivity index (χ1) is 11.5. The van der Waals surface area contributed by atoms with Crippen LogP contribution in [0.4, 0.5) is 0 Å². The minimum atomic E-state index is -3.44. The molecule has 6 nitrogen and oxygen atoms in total. The molecule has 0 aromatic heterocycles. The number of carbonyl (C=O) groups excluding carboxylic acids is 1. The monoisotopic (exact) mass is 352 g/mol. The fourth-order valence-corrected chi connectivity index (χ4v) is 4.95. The van der Waals surface area contributed by atoms with Crippen LogP contribution >= 0.6 is 0 Å². The Labute approximate surface area is 143 Å². The summed E-state index contributed by atoms with van der Waals surface area (Å²) in [4.78, 5) is 14.6. The van der Waals surface area contributed by atoms with Gasteiger partial charge in [0.25, 0.3) is 5.91 Å². The highest BCUT2D eigenvalue weighted by atomic mass is 32.2. The Balaban J connectivity index is 1.73. The van der Waals surface area contributed by atoms with E-state index in [0.29, 0.717) is 31.7 Å². The molecule has 1 aromatic carbocycles. The Hall–Kier alpha value is -1.44. The molecule has 1 aromatic rings. The van der Waals surface area contributed by atoms with Crippen molar-refractivity contribution in [2.45, 2.75) is 30.6 Å². The lowest BCUT2D eigenvalue weighted by molar-refractivity contribution is 0.0620. The number of nitrogens with zero attached hydrogens (tertiary/aromatic N) is 2. The van der Waals surface area contributed by atoms with Crippen LogP contribution in [0.1, 0.15) is 36.0 Å². The number of hydrogen-bond acceptors (Lipinski definition) is 4. The molecule has 24 heavy (non-hydrogen) atoms. The lowest BCUT2D eigenvalue weighted by Crippen LogP contribution is -2.40. The molecule has 0 radical (unpaired) electrons. The van der Waals surface area contributed by atoms with E-state index in [2.05, 4.69) is 0 Å². The van der Waals surface area contributed by atoms with Crippen molar-refractivity contribution < 1.29 is 18.3 Å². The highest BCUT2D eigenvalue weighted by Gasteiger charge is 2.28. The SMILES string of the molecule is O=C(c1ccc(S(=O)(=O)N2CCCC2)cc1)N1CCCC(CO)C1. The number of aliphatic hydroxyl groups is 1. The molecule has 0 bridgehead atoms. The maximum atomic E-state index is 12.6. The summed E-state index contributed by atoms with van der Waals surface area (Å²) in [5, 5.41) is 9.28. The molecule has 7 heteroatoms. The maximum absolute atomic E-state index is 12.6. The number of likely N-dealkylation sites (tertiary alicyclic amines) is 1. The molecule has 3 rings (SSSR count). The molecular weight excluding hydrogens is 328 g/mol. The lowest BCUT2D eigenvalue weighted by Gasteiger charge is -2.32. The van der Waals surface area contributed by atoms with Crippen LogP contribution in [-0.2, 0) is 10.0 Å². The molecule has 2 saturated heterocycles. The molecule has 2 aliphatic rings. The molecule has 1 amide bonds. The molecule has 1 atom stereocenters. The van der Waals surface area contributed by atoms with E-state index >= 15 is 0 Å². The van der Waals surface area contributed by atoms with E-state index in [1.54, 1.807) is 17.0 Å². The predicted molar refractivity (Wildman–Crippen MR) is 90.1 cm³/mol. The second-order valence-corrected chi connectivity index (χ2v) is 8.52. The zero-order valence-electron chi connectivity index (χ0n) is 13.7. The van der Waals surface area contributed by atoms with Crippen LogP contribution in [0, 0.1) is 5.92 Å². The van der Waals surface area contributed by atoms with Crippen molar-refractivity contribution >= 4 is 15.9 Å². The second kappa shape index (κ2) is 7.21. The molecule has 2 aliphatic heterocycles. The molecule has 0 saturated carbocycles. The van der Waals surface area contributed by atoms with E-state index in [4.69, 9.17) is 0 Å². The van der Waals surface area contributed by atoms with Crippen LogP contribution in [0.15, 0.2) is 29.2 Å². The highest BCUT2D eigenvalue weighted by molar-refractivity contribution is 7.89. The number of carbonyl (C=O) groups is 1. The quantitative estimate of drug-likeness (QED) is 0.886. The largest absolute Gasteiger partial charge is 0.396 e. The first kappa shape index (κ1) is 17.4. The number of benzene rings is 1. The van der Waals surface area contributed by atoms with Gasteiger partial charge in [-0.2, -0.15) is 4.31 Å². The predicted octanol–water partition coefficient (Wildman–Crippen LogP) is 1.32. The van der Waals surface area contributed by atoms with Crippen molar-refractivity contribution in [1.82, 2.24) is 9.21 Å². The first-order valence-corrected chi connectivity index (χ1v) is 9.97. The standard InChI is InChI=1S/C17H24N2O4S/c20-13-14-4-3-9-18(12-14)17(21)15-5-7-16(8-6-15)24(22,23)19-10-1-2-11-19/h5-8,14,20H,1-4,9-13H2. The van der Waals surface area contributed by atoms with Crippen molar-refractivity contribution in [3.05, 3.63) is 29.8 Å². The van der Waals surface area contributed by atoms with Gasteiger partial charge in [0.05, 0.1) is 4.90 Å². The van der Waals surface area contributed by atoms with Crippen LogP contribution in [0.5, 0.6) is 0 Å². The zero-order chi connectivity index (χ0) is 17.2. The van der Waals surface area contributed by atoms with E-state index in [-0.39, 0.29) is 23.3 Å². The van der Waals surface area contributed by atoms with Gasteiger partial charge in [-0.1, -0.05) is 0 Å². The van der Waals surface area contributed by atoms with Gasteiger partial charge in [-0.25, -0.2) is 8.42 Å². The maximum Gasteiger partial charge on any atom is 0.253 e. The van der Waals surface area contributed by atoms with Crippen LogP contribution in [-0.4, -0.2) is 61.4 Å². The fourth-order valence-electron chi connectivity index (χ4n) is 3.43. The fraction of sp³-hybridized carbons (Fsp3) is 0.588. The number of hydrogen-bond donors (Lipinski definition) is 1. The minimum absolute atomic E-state index is 0.0940. The molecular formula is C17H24N2O4S. The van der Waals surface area contributed by atoms with Gasteiger partial charge in [0.2, 0.25) is 10.0 Å². The third kappa shape index (κ3) is 3.48. The topological polar surface area (TPSA) is 77.9 Å². The molecule has 2 fully saturated rings. The van der Waals surface area contributed by atoms with E-state index < -0.39 is 10.0 Å². The summed E-state index contributed by atoms with van der Waals surface area (Å²) < 4.78 is 26.5. The minimum Gasteiger partial charge on any atom is -0.396 e. The summed E-state index contributed by atoms with van der Waals surface area (Å²) in [6, 6.07) is 6.23. The van der Waals surface area contributed by atoms with Gasteiger partial charge >= 0.3 is 0 Å². The first-order valence-electron chi connectivity index (χ1n) is 8.53. The van der Waals surface area contributed by atoms with E-state index in [1.807, 2.05) is 0 Å². The summed E-state index contributed by atoms with van der Waals surface area (Å²) in [5.74, 6) is 0.0378. The Morgan fingerprint density at radius 2 is 1.75 bits per heavy atom. The van der Waals surface area contributed by atoms with Crippen LogP contribution in [0.3, 0.4) is 0 Å². The number of sulfonamides is 1. The highest BCUT2D eigenvalue weighted by Crippen LogP contribution is 2.22. The van der Waals surface area contributed by atoms with Crippen LogP contribution in [0.2, 0.25) is 0 Å². The van der Waals surface area contributed by atoms with E-state index in [0.717, 1.165) is 25.7 Å². The Bertz CT molecular complexity index is 681. The average molecular weight is 352 g/mol. The molecule has 1 N–H and O–H groups in total. The normalized spacial score (nSPS) is 22.7. The number of rotatable bonds is 4.